The normalized spacial score (nSPS) is 28.4. The predicted molar refractivity (Wildman–Crippen MR) is 131 cm³/mol. The van der Waals surface area contributed by atoms with Gasteiger partial charge in [0.25, 0.3) is 0 Å². The van der Waals surface area contributed by atoms with Crippen molar-refractivity contribution < 1.29 is 23.9 Å². The SMILES string of the molecule is O=C(O[C@H]1C[N+]2(CCCOc3ccccc3)CCC1CC2)[C@@](O)(c1ccccc1)C1CCCC1. The molecule has 6 rings (SSSR count). The number of piperidine rings is 3. The number of aliphatic hydroxyl groups is 1. The molecule has 0 radical (unpaired) electrons. The molecule has 0 amide bonds. The van der Waals surface area contributed by atoms with Crippen LogP contribution in [0.3, 0.4) is 0 Å². The highest BCUT2D eigenvalue weighted by molar-refractivity contribution is 5.81. The summed E-state index contributed by atoms with van der Waals surface area (Å²) >= 11 is 0. The third-order valence-corrected chi connectivity index (χ3v) is 8.56. The van der Waals surface area contributed by atoms with Gasteiger partial charge in [-0.05, 0) is 30.5 Å². The van der Waals surface area contributed by atoms with E-state index in [9.17, 15) is 9.90 Å². The Kier molecular flexibility index (Phi) is 6.94. The minimum atomic E-state index is -1.54. The quantitative estimate of drug-likeness (QED) is 0.332. The second-order valence-corrected chi connectivity index (χ2v) is 10.6. The van der Waals surface area contributed by atoms with Crippen LogP contribution in [-0.4, -0.2) is 54.4 Å². The first-order valence-corrected chi connectivity index (χ1v) is 13.1. The van der Waals surface area contributed by atoms with Gasteiger partial charge in [-0.1, -0.05) is 61.4 Å². The average Bonchev–Trinajstić information content (AvgIpc) is 3.44. The van der Waals surface area contributed by atoms with E-state index in [4.69, 9.17) is 9.47 Å². The first-order valence-electron chi connectivity index (χ1n) is 13.1. The van der Waals surface area contributed by atoms with Gasteiger partial charge in [0.2, 0.25) is 0 Å². The van der Waals surface area contributed by atoms with Crippen LogP contribution in [0, 0.1) is 11.8 Å². The van der Waals surface area contributed by atoms with Gasteiger partial charge in [-0.15, -0.1) is 0 Å². The molecule has 1 N–H and O–H groups in total. The Labute approximate surface area is 203 Å². The molecule has 5 nitrogen and oxygen atoms in total. The van der Waals surface area contributed by atoms with Gasteiger partial charge in [-0.3, -0.25) is 0 Å². The maximum atomic E-state index is 13.6. The third kappa shape index (κ3) is 4.73. The van der Waals surface area contributed by atoms with Crippen LogP contribution >= 0.6 is 0 Å². The summed E-state index contributed by atoms with van der Waals surface area (Å²) in [6.45, 7) is 4.90. The van der Waals surface area contributed by atoms with Gasteiger partial charge in [0.15, 0.2) is 11.7 Å². The Balaban J connectivity index is 1.23. The Bertz CT molecular complexity index is 935. The standard InChI is InChI=1S/C29H38NO4/c31-28(29(32,25-12-7-8-13-25)24-10-3-1-4-11-24)34-27-22-30(19-16-23(27)17-20-30)18-9-21-33-26-14-5-2-6-15-26/h1-6,10-11,14-15,23,25,27,32H,7-9,12-13,16-22H2/q+1/t23?,27-,29+,30?/m0/s1. The van der Waals surface area contributed by atoms with E-state index in [1.807, 2.05) is 60.7 Å². The molecule has 0 unspecified atom stereocenters. The fourth-order valence-corrected chi connectivity index (χ4v) is 6.56. The Morgan fingerprint density at radius 2 is 1.59 bits per heavy atom. The zero-order valence-electron chi connectivity index (χ0n) is 20.1. The smallest absolute Gasteiger partial charge is 0.343 e. The number of para-hydroxylation sites is 1. The van der Waals surface area contributed by atoms with Crippen molar-refractivity contribution in [3.05, 3.63) is 66.2 Å². The summed E-state index contributed by atoms with van der Waals surface area (Å²) in [6, 6.07) is 19.4. The van der Waals surface area contributed by atoms with Crippen molar-refractivity contribution in [1.82, 2.24) is 0 Å². The summed E-state index contributed by atoms with van der Waals surface area (Å²) in [5.74, 6) is 0.823. The third-order valence-electron chi connectivity index (χ3n) is 8.56. The van der Waals surface area contributed by atoms with Crippen molar-refractivity contribution >= 4 is 5.97 Å². The number of esters is 1. The van der Waals surface area contributed by atoms with Crippen LogP contribution in [0.2, 0.25) is 0 Å². The molecule has 34 heavy (non-hydrogen) atoms. The van der Waals surface area contributed by atoms with Gasteiger partial charge >= 0.3 is 5.97 Å². The fraction of sp³-hybridized carbons (Fsp3) is 0.552. The summed E-state index contributed by atoms with van der Waals surface area (Å²) in [5, 5.41) is 11.8. The molecule has 1 aliphatic carbocycles. The van der Waals surface area contributed by atoms with Crippen molar-refractivity contribution in [3.8, 4) is 5.75 Å². The fourth-order valence-electron chi connectivity index (χ4n) is 6.56. The van der Waals surface area contributed by atoms with Crippen molar-refractivity contribution in [2.75, 3.05) is 32.8 Å². The average molecular weight is 465 g/mol. The summed E-state index contributed by atoms with van der Waals surface area (Å²) in [5.41, 5.74) is -0.867. The number of fused-ring (bicyclic) bond motifs is 3. The molecule has 2 aromatic carbocycles. The Hall–Kier alpha value is -2.37. The lowest BCUT2D eigenvalue weighted by molar-refractivity contribution is -0.946. The van der Waals surface area contributed by atoms with Crippen molar-refractivity contribution in [3.63, 3.8) is 0 Å². The number of carbonyl (C=O) groups excluding carboxylic acids is 1. The second kappa shape index (κ2) is 10.1. The first kappa shape index (κ1) is 23.4. The number of benzene rings is 2. The van der Waals surface area contributed by atoms with E-state index < -0.39 is 11.6 Å². The maximum Gasteiger partial charge on any atom is 0.343 e. The first-order chi connectivity index (χ1) is 16.6. The molecular weight excluding hydrogens is 426 g/mol. The second-order valence-electron chi connectivity index (χ2n) is 10.6. The molecule has 2 atom stereocenters. The van der Waals surface area contributed by atoms with Crippen molar-refractivity contribution in [1.29, 1.82) is 0 Å². The van der Waals surface area contributed by atoms with E-state index in [2.05, 4.69) is 0 Å². The number of hydrogen-bond donors (Lipinski definition) is 1. The molecule has 0 spiro atoms. The van der Waals surface area contributed by atoms with E-state index in [0.717, 1.165) is 81.4 Å². The van der Waals surface area contributed by atoms with Gasteiger partial charge in [-0.2, -0.15) is 0 Å². The highest BCUT2D eigenvalue weighted by Gasteiger charge is 2.52. The lowest BCUT2D eigenvalue weighted by atomic mass is 9.79. The van der Waals surface area contributed by atoms with Crippen LogP contribution < -0.4 is 4.74 Å². The molecule has 2 aromatic rings. The number of hydrogen-bond acceptors (Lipinski definition) is 4. The van der Waals surface area contributed by atoms with Crippen LogP contribution in [0.15, 0.2) is 60.7 Å². The Morgan fingerprint density at radius 3 is 2.26 bits per heavy atom. The van der Waals surface area contributed by atoms with Gasteiger partial charge in [0.05, 0.1) is 26.2 Å². The maximum absolute atomic E-state index is 13.6. The molecule has 3 saturated heterocycles. The van der Waals surface area contributed by atoms with Gasteiger partial charge < -0.3 is 19.1 Å². The summed E-state index contributed by atoms with van der Waals surface area (Å²) in [4.78, 5) is 13.6. The molecule has 3 aliphatic heterocycles. The number of quaternary nitrogens is 1. The number of ether oxygens (including phenoxy) is 2. The number of carbonyl (C=O) groups is 1. The summed E-state index contributed by atoms with van der Waals surface area (Å²) in [6.07, 6.45) is 6.91. The minimum absolute atomic E-state index is 0.0678. The lowest BCUT2D eigenvalue weighted by Gasteiger charge is -2.52. The van der Waals surface area contributed by atoms with Gasteiger partial charge in [-0.25, -0.2) is 4.79 Å². The van der Waals surface area contributed by atoms with Crippen molar-refractivity contribution in [2.24, 2.45) is 11.8 Å². The molecule has 2 bridgehead atoms. The van der Waals surface area contributed by atoms with E-state index in [1.54, 1.807) is 0 Å². The number of nitrogens with zero attached hydrogens (tertiary/aromatic N) is 1. The van der Waals surface area contributed by atoms with Crippen LogP contribution in [0.25, 0.3) is 0 Å². The van der Waals surface area contributed by atoms with Crippen LogP contribution in [0.1, 0.15) is 50.5 Å². The molecular formula is C29H38NO4+. The van der Waals surface area contributed by atoms with E-state index in [-0.39, 0.29) is 12.0 Å². The van der Waals surface area contributed by atoms with E-state index >= 15 is 0 Å². The lowest BCUT2D eigenvalue weighted by Crippen LogP contribution is -2.65. The zero-order chi connectivity index (χ0) is 23.4. The molecule has 0 aromatic heterocycles. The van der Waals surface area contributed by atoms with Crippen LogP contribution in [-0.2, 0) is 15.1 Å². The Morgan fingerprint density at radius 1 is 0.941 bits per heavy atom. The predicted octanol–water partition coefficient (Wildman–Crippen LogP) is 4.69. The largest absolute Gasteiger partial charge is 0.493 e. The van der Waals surface area contributed by atoms with E-state index in [0.29, 0.717) is 18.1 Å². The molecule has 5 heteroatoms. The molecule has 3 heterocycles. The van der Waals surface area contributed by atoms with Crippen LogP contribution in [0.5, 0.6) is 5.75 Å². The van der Waals surface area contributed by atoms with Gasteiger partial charge in [0, 0.05) is 31.1 Å². The molecule has 4 aliphatic rings. The van der Waals surface area contributed by atoms with Gasteiger partial charge in [0.1, 0.15) is 12.3 Å². The molecule has 1 saturated carbocycles. The van der Waals surface area contributed by atoms with Crippen molar-refractivity contribution in [2.45, 2.75) is 56.7 Å². The zero-order valence-corrected chi connectivity index (χ0v) is 20.1. The molecule has 182 valence electrons. The monoisotopic (exact) mass is 464 g/mol. The topological polar surface area (TPSA) is 55.8 Å². The molecule has 4 fully saturated rings. The van der Waals surface area contributed by atoms with Crippen LogP contribution in [0.4, 0.5) is 0 Å². The number of rotatable bonds is 9. The highest BCUT2D eigenvalue weighted by atomic mass is 16.6. The highest BCUT2D eigenvalue weighted by Crippen LogP contribution is 2.43. The van der Waals surface area contributed by atoms with E-state index in [1.165, 1.54) is 0 Å². The summed E-state index contributed by atoms with van der Waals surface area (Å²) < 4.78 is 13.1. The minimum Gasteiger partial charge on any atom is -0.493 e. The summed E-state index contributed by atoms with van der Waals surface area (Å²) in [7, 11) is 0.